The van der Waals surface area contributed by atoms with Crippen LogP contribution < -0.4 is 10.0 Å². The third-order valence-electron chi connectivity index (χ3n) is 4.19. The number of rotatable bonds is 9. The molecule has 0 aliphatic rings. The van der Waals surface area contributed by atoms with Crippen molar-refractivity contribution in [2.45, 2.75) is 37.1 Å². The third kappa shape index (κ3) is 6.98. The molecular formula is C21H22N6O3S3. The van der Waals surface area contributed by atoms with Crippen LogP contribution >= 0.6 is 23.1 Å². The molecule has 3 aromatic rings. The van der Waals surface area contributed by atoms with E-state index in [1.54, 1.807) is 13.0 Å². The summed E-state index contributed by atoms with van der Waals surface area (Å²) in [6.45, 7) is 5.90. The zero-order valence-corrected chi connectivity index (χ0v) is 20.6. The summed E-state index contributed by atoms with van der Waals surface area (Å²) in [5, 5.41) is 20.9. The van der Waals surface area contributed by atoms with E-state index in [2.05, 4.69) is 45.1 Å². The quantitative estimate of drug-likeness (QED) is 0.421. The van der Waals surface area contributed by atoms with Gasteiger partial charge >= 0.3 is 0 Å². The molecule has 0 fully saturated rings. The summed E-state index contributed by atoms with van der Waals surface area (Å²) in [6, 6.07) is 11.5. The van der Waals surface area contributed by atoms with Crippen LogP contribution in [0.25, 0.3) is 0 Å². The first-order chi connectivity index (χ1) is 15.7. The maximum atomic E-state index is 12.5. The van der Waals surface area contributed by atoms with Crippen LogP contribution in [0.4, 0.5) is 10.8 Å². The molecule has 9 nitrogen and oxygen atoms in total. The first-order valence-electron chi connectivity index (χ1n) is 9.92. The molecule has 1 aromatic carbocycles. The molecule has 12 heteroatoms. The Hall–Kier alpha value is -3.01. The van der Waals surface area contributed by atoms with E-state index >= 15 is 0 Å². The molecule has 0 aliphatic carbocycles. The zero-order chi connectivity index (χ0) is 24.0. The van der Waals surface area contributed by atoms with Crippen molar-refractivity contribution in [2.75, 3.05) is 15.8 Å². The van der Waals surface area contributed by atoms with E-state index < -0.39 is 10.0 Å². The molecule has 1 amide bonds. The number of nitrogens with one attached hydrogen (secondary N) is 2. The Bertz CT molecular complexity index is 1280. The predicted molar refractivity (Wildman–Crippen MR) is 129 cm³/mol. The lowest BCUT2D eigenvalue weighted by Crippen LogP contribution is -2.15. The molecule has 0 radical (unpaired) electrons. The number of carbonyl (C=O) groups is 1. The molecule has 2 heterocycles. The Morgan fingerprint density at radius 2 is 1.91 bits per heavy atom. The number of thioether (sulfide) groups is 1. The standard InChI is InChI=1S/C21H22N6O3S3/c1-13(2)10-17-5-4-15(11-22)20(24-17)31-12-19(28)23-16-6-8-18(9-7-16)33(29,30)27-21-26-25-14(3)32-21/h4-9,13H,10,12H2,1-3H3,(H,23,28)(H,26,27). The van der Waals surface area contributed by atoms with Gasteiger partial charge in [-0.05, 0) is 55.7 Å². The van der Waals surface area contributed by atoms with E-state index in [1.165, 1.54) is 36.0 Å². The molecule has 0 aliphatic heterocycles. The van der Waals surface area contributed by atoms with Crippen molar-refractivity contribution in [3.63, 3.8) is 0 Å². The van der Waals surface area contributed by atoms with Crippen LogP contribution in [0, 0.1) is 24.2 Å². The van der Waals surface area contributed by atoms with Gasteiger partial charge in [0, 0.05) is 11.4 Å². The van der Waals surface area contributed by atoms with Gasteiger partial charge < -0.3 is 5.32 Å². The summed E-state index contributed by atoms with van der Waals surface area (Å²) in [6.07, 6.45) is 0.786. The molecule has 3 rings (SSSR count). The Labute approximate surface area is 200 Å². The van der Waals surface area contributed by atoms with Crippen molar-refractivity contribution < 1.29 is 13.2 Å². The summed E-state index contributed by atoms with van der Waals surface area (Å²) < 4.78 is 27.3. The van der Waals surface area contributed by atoms with Gasteiger partial charge in [-0.3, -0.25) is 9.52 Å². The zero-order valence-electron chi connectivity index (χ0n) is 18.2. The number of nitriles is 1. The summed E-state index contributed by atoms with van der Waals surface area (Å²) in [5.74, 6) is 0.194. The lowest BCUT2D eigenvalue weighted by Gasteiger charge is -2.09. The van der Waals surface area contributed by atoms with Crippen molar-refractivity contribution in [1.29, 1.82) is 5.26 Å². The number of sulfonamides is 1. The second-order valence-electron chi connectivity index (χ2n) is 7.46. The average molecular weight is 503 g/mol. The summed E-state index contributed by atoms with van der Waals surface area (Å²) >= 11 is 2.32. The van der Waals surface area contributed by atoms with Crippen LogP contribution in [-0.2, 0) is 21.2 Å². The predicted octanol–water partition coefficient (Wildman–Crippen LogP) is 3.84. The number of pyridine rings is 1. The molecule has 0 bridgehead atoms. The van der Waals surface area contributed by atoms with Gasteiger partial charge in [-0.15, -0.1) is 10.2 Å². The Morgan fingerprint density at radius 1 is 1.18 bits per heavy atom. The molecule has 2 aromatic heterocycles. The molecular weight excluding hydrogens is 480 g/mol. The number of hydrogen-bond acceptors (Lipinski definition) is 9. The number of hydrogen-bond donors (Lipinski definition) is 2. The van der Waals surface area contributed by atoms with Crippen molar-refractivity contribution in [3.05, 3.63) is 52.7 Å². The number of aromatic nitrogens is 3. The molecule has 0 spiro atoms. The lowest BCUT2D eigenvalue weighted by atomic mass is 10.1. The number of carbonyl (C=O) groups excluding carboxylic acids is 1. The maximum Gasteiger partial charge on any atom is 0.263 e. The van der Waals surface area contributed by atoms with Crippen LogP contribution in [0.15, 0.2) is 46.3 Å². The van der Waals surface area contributed by atoms with E-state index in [4.69, 9.17) is 0 Å². The lowest BCUT2D eigenvalue weighted by molar-refractivity contribution is -0.113. The maximum absolute atomic E-state index is 12.5. The highest BCUT2D eigenvalue weighted by atomic mass is 32.2. The number of benzene rings is 1. The van der Waals surface area contributed by atoms with E-state index in [-0.39, 0.29) is 21.7 Å². The van der Waals surface area contributed by atoms with Crippen molar-refractivity contribution in [1.82, 2.24) is 15.2 Å². The fourth-order valence-electron chi connectivity index (χ4n) is 2.77. The van der Waals surface area contributed by atoms with Gasteiger partial charge in [0.15, 0.2) is 0 Å². The number of aryl methyl sites for hydroxylation is 1. The minimum Gasteiger partial charge on any atom is -0.325 e. The largest absolute Gasteiger partial charge is 0.325 e. The highest BCUT2D eigenvalue weighted by Gasteiger charge is 2.17. The van der Waals surface area contributed by atoms with Crippen molar-refractivity contribution in [3.8, 4) is 6.07 Å². The van der Waals surface area contributed by atoms with Gasteiger partial charge in [-0.2, -0.15) is 5.26 Å². The van der Waals surface area contributed by atoms with Gasteiger partial charge in [0.05, 0.1) is 16.2 Å². The Kier molecular flexibility index (Phi) is 8.01. The van der Waals surface area contributed by atoms with Crippen molar-refractivity contribution >= 4 is 49.8 Å². The van der Waals surface area contributed by atoms with E-state index in [9.17, 15) is 18.5 Å². The summed E-state index contributed by atoms with van der Waals surface area (Å²) in [5.41, 5.74) is 1.75. The average Bonchev–Trinajstić information content (AvgIpc) is 3.16. The normalized spacial score (nSPS) is 11.2. The van der Waals surface area contributed by atoms with E-state index in [1.807, 2.05) is 6.07 Å². The second-order valence-corrected chi connectivity index (χ2v) is 11.3. The summed E-state index contributed by atoms with van der Waals surface area (Å²) in [7, 11) is -3.81. The van der Waals surface area contributed by atoms with Gasteiger partial charge in [0.2, 0.25) is 11.0 Å². The third-order valence-corrected chi connectivity index (χ3v) is 7.42. The van der Waals surface area contributed by atoms with Crippen LogP contribution in [0.5, 0.6) is 0 Å². The second kappa shape index (κ2) is 10.7. The van der Waals surface area contributed by atoms with Crippen LogP contribution in [-0.4, -0.2) is 35.3 Å². The Morgan fingerprint density at radius 3 is 2.52 bits per heavy atom. The molecule has 0 saturated heterocycles. The molecule has 2 N–H and O–H groups in total. The van der Waals surface area contributed by atoms with Crippen molar-refractivity contribution in [2.24, 2.45) is 5.92 Å². The first-order valence-corrected chi connectivity index (χ1v) is 13.2. The number of nitrogens with zero attached hydrogens (tertiary/aromatic N) is 4. The molecule has 0 unspecified atom stereocenters. The highest BCUT2D eigenvalue weighted by molar-refractivity contribution is 8.00. The molecule has 172 valence electrons. The number of amides is 1. The van der Waals surface area contributed by atoms with Gasteiger partial charge in [0.25, 0.3) is 10.0 Å². The van der Waals surface area contributed by atoms with Crippen LogP contribution in [0.1, 0.15) is 30.1 Å². The smallest absolute Gasteiger partial charge is 0.263 e. The van der Waals surface area contributed by atoms with Gasteiger partial charge in [-0.25, -0.2) is 13.4 Å². The Balaban J connectivity index is 1.60. The monoisotopic (exact) mass is 502 g/mol. The molecule has 0 saturated carbocycles. The van der Waals surface area contributed by atoms with Crippen LogP contribution in [0.3, 0.4) is 0 Å². The number of anilines is 2. The first kappa shape index (κ1) is 24.6. The SMILES string of the molecule is Cc1nnc(NS(=O)(=O)c2ccc(NC(=O)CSc3nc(CC(C)C)ccc3C#N)cc2)s1. The van der Waals surface area contributed by atoms with Gasteiger partial charge in [0.1, 0.15) is 16.1 Å². The van der Waals surface area contributed by atoms with Crippen LogP contribution in [0.2, 0.25) is 0 Å². The fraction of sp³-hybridized carbons (Fsp3) is 0.286. The molecule has 0 atom stereocenters. The summed E-state index contributed by atoms with van der Waals surface area (Å²) in [4.78, 5) is 16.9. The topological polar surface area (TPSA) is 138 Å². The highest BCUT2D eigenvalue weighted by Crippen LogP contribution is 2.23. The van der Waals surface area contributed by atoms with E-state index in [0.717, 1.165) is 23.5 Å². The fourth-order valence-corrected chi connectivity index (χ4v) is 5.38. The van der Waals surface area contributed by atoms with Gasteiger partial charge in [-0.1, -0.05) is 36.9 Å². The minimum atomic E-state index is -3.81. The minimum absolute atomic E-state index is 0.0348. The van der Waals surface area contributed by atoms with E-state index in [0.29, 0.717) is 27.2 Å². The molecule has 33 heavy (non-hydrogen) atoms.